The maximum absolute atomic E-state index is 12.7. The second-order valence-corrected chi connectivity index (χ2v) is 5.96. The van der Waals surface area contributed by atoms with Gasteiger partial charge >= 0.3 is 6.18 Å². The highest BCUT2D eigenvalue weighted by Crippen LogP contribution is 2.30. The Kier molecular flexibility index (Phi) is 5.09. The van der Waals surface area contributed by atoms with Crippen LogP contribution in [0.2, 0.25) is 5.02 Å². The summed E-state index contributed by atoms with van der Waals surface area (Å²) < 4.78 is 38.1. The maximum atomic E-state index is 12.7. The van der Waals surface area contributed by atoms with Gasteiger partial charge in [0.2, 0.25) is 0 Å². The molecule has 0 aliphatic rings. The van der Waals surface area contributed by atoms with Crippen LogP contribution < -0.4 is 5.32 Å². The molecule has 0 atom stereocenters. The van der Waals surface area contributed by atoms with Crippen LogP contribution in [0.4, 0.5) is 18.9 Å². The van der Waals surface area contributed by atoms with E-state index in [1.807, 2.05) is 0 Å². The summed E-state index contributed by atoms with van der Waals surface area (Å²) in [5.74, 6) is -0.207. The molecule has 27 heavy (non-hydrogen) atoms. The predicted molar refractivity (Wildman–Crippen MR) is 94.4 cm³/mol. The van der Waals surface area contributed by atoms with Gasteiger partial charge in [-0.3, -0.25) is 4.79 Å². The number of carbonyl (C=O) groups is 1. The van der Waals surface area contributed by atoms with E-state index in [0.29, 0.717) is 22.1 Å². The van der Waals surface area contributed by atoms with Gasteiger partial charge in [0.1, 0.15) is 5.69 Å². The first-order valence-electron chi connectivity index (χ1n) is 7.69. The molecule has 3 rings (SSSR count). The van der Waals surface area contributed by atoms with Crippen LogP contribution >= 0.6 is 11.6 Å². The van der Waals surface area contributed by atoms with E-state index in [2.05, 4.69) is 20.3 Å². The standard InChI is InChI=1S/C18H12ClF3N4O/c1-10-12(4-6-15(25-10)18(20,21)22)17(27)26-11-3-5-14(19)13(9-11)16-23-7-2-8-24-16/h2-9H,1H3,(H,26,27). The minimum Gasteiger partial charge on any atom is -0.322 e. The molecule has 1 N–H and O–H groups in total. The van der Waals surface area contributed by atoms with Crippen LogP contribution in [0.5, 0.6) is 0 Å². The van der Waals surface area contributed by atoms with Crippen LogP contribution in [-0.4, -0.2) is 20.9 Å². The molecule has 0 bridgehead atoms. The van der Waals surface area contributed by atoms with Gasteiger partial charge in [-0.25, -0.2) is 15.0 Å². The number of nitrogens with zero attached hydrogens (tertiary/aromatic N) is 3. The van der Waals surface area contributed by atoms with Crippen LogP contribution in [0.15, 0.2) is 48.8 Å². The summed E-state index contributed by atoms with van der Waals surface area (Å²) in [4.78, 5) is 24.1. The van der Waals surface area contributed by atoms with Gasteiger partial charge in [-0.1, -0.05) is 11.6 Å². The number of alkyl halides is 3. The van der Waals surface area contributed by atoms with Gasteiger partial charge < -0.3 is 5.32 Å². The van der Waals surface area contributed by atoms with Crippen molar-refractivity contribution in [1.82, 2.24) is 15.0 Å². The SMILES string of the molecule is Cc1nc(C(F)(F)F)ccc1C(=O)Nc1ccc(Cl)c(-c2ncccn2)c1. The van der Waals surface area contributed by atoms with Crippen molar-refractivity contribution in [1.29, 1.82) is 0 Å². The van der Waals surface area contributed by atoms with Crippen molar-refractivity contribution in [3.8, 4) is 11.4 Å². The Balaban J connectivity index is 1.87. The summed E-state index contributed by atoms with van der Waals surface area (Å²) >= 11 is 6.16. The fourth-order valence-corrected chi connectivity index (χ4v) is 2.57. The molecule has 0 radical (unpaired) electrons. The second-order valence-electron chi connectivity index (χ2n) is 5.55. The van der Waals surface area contributed by atoms with Crippen molar-refractivity contribution < 1.29 is 18.0 Å². The van der Waals surface area contributed by atoms with Gasteiger partial charge in [-0.2, -0.15) is 13.2 Å². The Morgan fingerprint density at radius 2 is 1.81 bits per heavy atom. The van der Waals surface area contributed by atoms with Gasteiger partial charge in [0, 0.05) is 23.6 Å². The Bertz CT molecular complexity index is 994. The first kappa shape index (κ1) is 18.8. The van der Waals surface area contributed by atoms with Crippen LogP contribution in [0.1, 0.15) is 21.7 Å². The fraction of sp³-hybridized carbons (Fsp3) is 0.111. The van der Waals surface area contributed by atoms with E-state index in [4.69, 9.17) is 11.6 Å². The minimum atomic E-state index is -4.57. The van der Waals surface area contributed by atoms with Crippen LogP contribution in [0.3, 0.4) is 0 Å². The third kappa shape index (κ3) is 4.22. The molecule has 0 aliphatic carbocycles. The third-order valence-corrected chi connectivity index (χ3v) is 3.98. The monoisotopic (exact) mass is 392 g/mol. The number of halogens is 4. The van der Waals surface area contributed by atoms with Crippen molar-refractivity contribution in [3.05, 3.63) is 70.8 Å². The first-order valence-corrected chi connectivity index (χ1v) is 8.06. The molecule has 0 fully saturated rings. The number of nitrogens with one attached hydrogen (secondary N) is 1. The van der Waals surface area contributed by atoms with Crippen molar-refractivity contribution in [2.24, 2.45) is 0 Å². The number of pyridine rings is 1. The number of hydrogen-bond acceptors (Lipinski definition) is 4. The van der Waals surface area contributed by atoms with Gasteiger partial charge in [0.25, 0.3) is 5.91 Å². The van der Waals surface area contributed by atoms with Crippen LogP contribution in [-0.2, 0) is 6.18 Å². The molecule has 3 aromatic rings. The van der Waals surface area contributed by atoms with Gasteiger partial charge in [0.15, 0.2) is 5.82 Å². The number of hydrogen-bond donors (Lipinski definition) is 1. The summed E-state index contributed by atoms with van der Waals surface area (Å²) in [6.45, 7) is 1.34. The molecule has 1 amide bonds. The van der Waals surface area contributed by atoms with Gasteiger partial charge in [0.05, 0.1) is 16.3 Å². The van der Waals surface area contributed by atoms with Crippen molar-refractivity contribution in [2.75, 3.05) is 5.32 Å². The molecule has 2 aromatic heterocycles. The van der Waals surface area contributed by atoms with Crippen molar-refractivity contribution in [3.63, 3.8) is 0 Å². The molecule has 9 heteroatoms. The third-order valence-electron chi connectivity index (χ3n) is 3.65. The molecule has 1 aromatic carbocycles. The quantitative estimate of drug-likeness (QED) is 0.697. The Morgan fingerprint density at radius 1 is 1.11 bits per heavy atom. The van der Waals surface area contributed by atoms with Crippen molar-refractivity contribution in [2.45, 2.75) is 13.1 Å². The number of aromatic nitrogens is 3. The molecule has 0 saturated carbocycles. The van der Waals surface area contributed by atoms with Crippen LogP contribution in [0, 0.1) is 6.92 Å². The van der Waals surface area contributed by atoms with E-state index in [9.17, 15) is 18.0 Å². The summed E-state index contributed by atoms with van der Waals surface area (Å²) in [6.07, 6.45) is -1.46. The Labute approximate surface area is 157 Å². The summed E-state index contributed by atoms with van der Waals surface area (Å²) in [5, 5.41) is 3.02. The fourth-order valence-electron chi connectivity index (χ4n) is 2.37. The zero-order valence-corrected chi connectivity index (χ0v) is 14.6. The van der Waals surface area contributed by atoms with Gasteiger partial charge in [-0.15, -0.1) is 0 Å². The lowest BCUT2D eigenvalue weighted by Crippen LogP contribution is -2.16. The lowest BCUT2D eigenvalue weighted by molar-refractivity contribution is -0.141. The zero-order chi connectivity index (χ0) is 19.6. The highest BCUT2D eigenvalue weighted by atomic mass is 35.5. The number of rotatable bonds is 3. The largest absolute Gasteiger partial charge is 0.433 e. The molecule has 0 spiro atoms. The maximum Gasteiger partial charge on any atom is 0.433 e. The molecular weight excluding hydrogens is 381 g/mol. The van der Waals surface area contributed by atoms with E-state index in [-0.39, 0.29) is 11.3 Å². The number of anilines is 1. The van der Waals surface area contributed by atoms with Crippen LogP contribution in [0.25, 0.3) is 11.4 Å². The van der Waals surface area contributed by atoms with E-state index in [0.717, 1.165) is 12.1 Å². The molecule has 5 nitrogen and oxygen atoms in total. The van der Waals surface area contributed by atoms with E-state index in [1.54, 1.807) is 36.7 Å². The lowest BCUT2D eigenvalue weighted by atomic mass is 10.1. The minimum absolute atomic E-state index is 0.0251. The van der Waals surface area contributed by atoms with E-state index >= 15 is 0 Å². The number of carbonyl (C=O) groups excluding carboxylic acids is 1. The lowest BCUT2D eigenvalue weighted by Gasteiger charge is -2.11. The highest BCUT2D eigenvalue weighted by molar-refractivity contribution is 6.33. The predicted octanol–water partition coefficient (Wildman–Crippen LogP) is 4.77. The molecule has 138 valence electrons. The number of benzene rings is 1. The molecule has 0 saturated heterocycles. The first-order chi connectivity index (χ1) is 12.8. The number of amides is 1. The topological polar surface area (TPSA) is 67.8 Å². The normalized spacial score (nSPS) is 11.3. The Hall–Kier alpha value is -3.00. The summed E-state index contributed by atoms with van der Waals surface area (Å²) in [7, 11) is 0. The van der Waals surface area contributed by atoms with Gasteiger partial charge in [-0.05, 0) is 43.3 Å². The average Bonchev–Trinajstić information content (AvgIpc) is 2.63. The molecule has 2 heterocycles. The number of aryl methyl sites for hydroxylation is 1. The van der Waals surface area contributed by atoms with Crippen molar-refractivity contribution >= 4 is 23.2 Å². The van der Waals surface area contributed by atoms with E-state index in [1.165, 1.54) is 6.92 Å². The Morgan fingerprint density at radius 3 is 2.44 bits per heavy atom. The average molecular weight is 393 g/mol. The van der Waals surface area contributed by atoms with E-state index < -0.39 is 17.8 Å². The molecule has 0 unspecified atom stereocenters. The highest BCUT2D eigenvalue weighted by Gasteiger charge is 2.33. The summed E-state index contributed by atoms with van der Waals surface area (Å²) in [5.41, 5.74) is -0.131. The molecular formula is C18H12ClF3N4O. The summed E-state index contributed by atoms with van der Waals surface area (Å²) in [6, 6.07) is 8.25. The zero-order valence-electron chi connectivity index (χ0n) is 13.9. The smallest absolute Gasteiger partial charge is 0.322 e. The second kappa shape index (κ2) is 7.32. The molecule has 0 aliphatic heterocycles.